The molecule has 2 aliphatic heterocycles. The topological polar surface area (TPSA) is 69.8 Å². The highest BCUT2D eigenvalue weighted by Crippen LogP contribution is 2.37. The van der Waals surface area contributed by atoms with Gasteiger partial charge in [-0.3, -0.25) is 4.79 Å². The Labute approximate surface area is 220 Å². The number of amides is 1. The number of piperidine rings is 1. The zero-order valence-corrected chi connectivity index (χ0v) is 22.2. The largest absolute Gasteiger partial charge is 0.497 e. The molecular formula is C30H40N4O3. The quantitative estimate of drug-likeness (QED) is 0.456. The van der Waals surface area contributed by atoms with Crippen molar-refractivity contribution in [1.29, 1.82) is 0 Å². The number of ether oxygens (including phenoxy) is 2. The summed E-state index contributed by atoms with van der Waals surface area (Å²) < 4.78 is 11.0. The number of H-pyrrole nitrogens is 1. The smallest absolute Gasteiger partial charge is 0.267 e. The average Bonchev–Trinajstić information content (AvgIpc) is 3.21. The first-order chi connectivity index (χ1) is 18.1. The number of carbonyl (C=O) groups is 1. The number of hydrogen-bond acceptors (Lipinski definition) is 5. The Morgan fingerprint density at radius 1 is 0.892 bits per heavy atom. The molecule has 2 fully saturated rings. The van der Waals surface area contributed by atoms with E-state index in [9.17, 15) is 4.79 Å². The highest BCUT2D eigenvalue weighted by atomic mass is 16.5. The molecule has 0 bridgehead atoms. The van der Waals surface area contributed by atoms with E-state index in [1.165, 1.54) is 45.3 Å². The number of carbonyl (C=O) groups excluding carboxylic acids is 1. The second-order valence-corrected chi connectivity index (χ2v) is 10.4. The van der Waals surface area contributed by atoms with Gasteiger partial charge in [-0.2, -0.15) is 0 Å². The van der Waals surface area contributed by atoms with Crippen LogP contribution in [0.5, 0.6) is 11.5 Å². The van der Waals surface area contributed by atoms with Gasteiger partial charge in [0.25, 0.3) is 5.91 Å². The molecule has 7 nitrogen and oxygen atoms in total. The second-order valence-electron chi connectivity index (χ2n) is 10.4. The lowest BCUT2D eigenvalue weighted by atomic mass is 10.0. The van der Waals surface area contributed by atoms with Gasteiger partial charge in [-0.25, -0.2) is 0 Å². The third-order valence-corrected chi connectivity index (χ3v) is 7.96. The van der Waals surface area contributed by atoms with E-state index in [-0.39, 0.29) is 11.9 Å². The van der Waals surface area contributed by atoms with Gasteiger partial charge in [0.2, 0.25) is 0 Å². The maximum atomic E-state index is 13.2. The van der Waals surface area contributed by atoms with Gasteiger partial charge in [0.15, 0.2) is 0 Å². The molecule has 3 heterocycles. The van der Waals surface area contributed by atoms with Crippen LogP contribution in [-0.2, 0) is 0 Å². The van der Waals surface area contributed by atoms with Crippen LogP contribution in [0.3, 0.4) is 0 Å². The monoisotopic (exact) mass is 504 g/mol. The molecule has 37 heavy (non-hydrogen) atoms. The van der Waals surface area contributed by atoms with E-state index < -0.39 is 0 Å². The first kappa shape index (κ1) is 25.6. The molecular weight excluding hydrogens is 464 g/mol. The van der Waals surface area contributed by atoms with Crippen molar-refractivity contribution in [2.24, 2.45) is 0 Å². The molecule has 2 saturated heterocycles. The molecule has 7 heteroatoms. The summed E-state index contributed by atoms with van der Waals surface area (Å²) in [7, 11) is 3.31. The van der Waals surface area contributed by atoms with Gasteiger partial charge in [-0.15, -0.1) is 0 Å². The van der Waals surface area contributed by atoms with Gasteiger partial charge in [0, 0.05) is 54.8 Å². The van der Waals surface area contributed by atoms with Crippen LogP contribution in [0.25, 0.3) is 22.0 Å². The Hall–Kier alpha value is -3.03. The number of hydrogen-bond donors (Lipinski definition) is 2. The summed E-state index contributed by atoms with van der Waals surface area (Å²) in [5.74, 6) is 1.45. The Morgan fingerprint density at radius 3 is 2.32 bits per heavy atom. The molecule has 1 aromatic heterocycles. The Bertz CT molecular complexity index is 1190. The van der Waals surface area contributed by atoms with Gasteiger partial charge < -0.3 is 29.6 Å². The SMILES string of the molecule is COc1ccc(-c2cccc3[nH]c(C(=O)NC4CCN(CCN5CCCCCC5)CC4)cc23)c(OC)c1. The molecule has 0 atom stereocenters. The van der Waals surface area contributed by atoms with Gasteiger partial charge in [0.05, 0.1) is 14.2 Å². The Balaban J connectivity index is 1.20. The molecule has 0 radical (unpaired) electrons. The average molecular weight is 505 g/mol. The molecule has 0 spiro atoms. The van der Waals surface area contributed by atoms with E-state index in [0.29, 0.717) is 5.69 Å². The number of likely N-dealkylation sites (tertiary alicyclic amines) is 2. The Morgan fingerprint density at radius 2 is 1.62 bits per heavy atom. The third-order valence-electron chi connectivity index (χ3n) is 7.96. The maximum Gasteiger partial charge on any atom is 0.267 e. The number of methoxy groups -OCH3 is 2. The van der Waals surface area contributed by atoms with Gasteiger partial charge in [0.1, 0.15) is 17.2 Å². The number of nitrogens with one attached hydrogen (secondary N) is 2. The molecule has 2 N–H and O–H groups in total. The van der Waals surface area contributed by atoms with Crippen molar-refractivity contribution >= 4 is 16.8 Å². The third kappa shape index (κ3) is 6.11. The maximum absolute atomic E-state index is 13.2. The fourth-order valence-corrected chi connectivity index (χ4v) is 5.74. The molecule has 1 amide bonds. The van der Waals surface area contributed by atoms with E-state index in [2.05, 4.69) is 26.2 Å². The van der Waals surface area contributed by atoms with Crippen molar-refractivity contribution in [1.82, 2.24) is 20.1 Å². The van der Waals surface area contributed by atoms with Crippen molar-refractivity contribution in [3.8, 4) is 22.6 Å². The zero-order valence-electron chi connectivity index (χ0n) is 22.2. The lowest BCUT2D eigenvalue weighted by Gasteiger charge is -2.33. The summed E-state index contributed by atoms with van der Waals surface area (Å²) in [6, 6.07) is 14.1. The molecule has 3 aromatic rings. The minimum Gasteiger partial charge on any atom is -0.497 e. The summed E-state index contributed by atoms with van der Waals surface area (Å²) >= 11 is 0. The number of rotatable bonds is 8. The zero-order chi connectivity index (χ0) is 25.6. The van der Waals surface area contributed by atoms with Gasteiger partial charge >= 0.3 is 0 Å². The second kappa shape index (κ2) is 12.0. The first-order valence-corrected chi connectivity index (χ1v) is 13.7. The van der Waals surface area contributed by atoms with Gasteiger partial charge in [-0.05, 0) is 68.6 Å². The van der Waals surface area contributed by atoms with Crippen LogP contribution in [0.2, 0.25) is 0 Å². The van der Waals surface area contributed by atoms with E-state index >= 15 is 0 Å². The molecule has 0 unspecified atom stereocenters. The van der Waals surface area contributed by atoms with E-state index in [1.54, 1.807) is 14.2 Å². The number of benzene rings is 2. The first-order valence-electron chi connectivity index (χ1n) is 13.7. The van der Waals surface area contributed by atoms with Crippen molar-refractivity contribution in [2.75, 3.05) is 53.5 Å². The van der Waals surface area contributed by atoms with E-state index in [0.717, 1.165) is 66.0 Å². The van der Waals surface area contributed by atoms with Crippen LogP contribution >= 0.6 is 0 Å². The summed E-state index contributed by atoms with van der Waals surface area (Å²) in [4.78, 5) is 21.7. The fourth-order valence-electron chi connectivity index (χ4n) is 5.74. The van der Waals surface area contributed by atoms with Crippen LogP contribution in [0, 0.1) is 0 Å². The molecule has 0 aliphatic carbocycles. The lowest BCUT2D eigenvalue weighted by molar-refractivity contribution is 0.0902. The number of aromatic nitrogens is 1. The van der Waals surface area contributed by atoms with Crippen LogP contribution < -0.4 is 14.8 Å². The summed E-state index contributed by atoms with van der Waals surface area (Å²) in [6.45, 7) is 6.92. The van der Waals surface area contributed by atoms with Crippen LogP contribution in [-0.4, -0.2) is 80.2 Å². The molecule has 0 saturated carbocycles. The van der Waals surface area contributed by atoms with Crippen molar-refractivity contribution in [2.45, 2.75) is 44.6 Å². The fraction of sp³-hybridized carbons (Fsp3) is 0.500. The molecule has 198 valence electrons. The highest BCUT2D eigenvalue weighted by molar-refractivity contribution is 6.03. The highest BCUT2D eigenvalue weighted by Gasteiger charge is 2.23. The van der Waals surface area contributed by atoms with Crippen LogP contribution in [0.1, 0.15) is 49.0 Å². The Kier molecular flexibility index (Phi) is 8.31. The van der Waals surface area contributed by atoms with Gasteiger partial charge in [-0.1, -0.05) is 25.0 Å². The van der Waals surface area contributed by atoms with Crippen LogP contribution in [0.4, 0.5) is 0 Å². The molecule has 5 rings (SSSR count). The predicted molar refractivity (Wildman–Crippen MR) is 149 cm³/mol. The van der Waals surface area contributed by atoms with Crippen molar-refractivity contribution in [3.63, 3.8) is 0 Å². The lowest BCUT2D eigenvalue weighted by Crippen LogP contribution is -2.46. The van der Waals surface area contributed by atoms with E-state index in [4.69, 9.17) is 9.47 Å². The summed E-state index contributed by atoms with van der Waals surface area (Å²) in [5, 5.41) is 4.28. The van der Waals surface area contributed by atoms with Crippen molar-refractivity contribution < 1.29 is 14.3 Å². The molecule has 2 aromatic carbocycles. The van der Waals surface area contributed by atoms with Crippen molar-refractivity contribution in [3.05, 3.63) is 48.2 Å². The van der Waals surface area contributed by atoms with Crippen LogP contribution in [0.15, 0.2) is 42.5 Å². The number of nitrogens with zero attached hydrogens (tertiary/aromatic N) is 2. The predicted octanol–water partition coefficient (Wildman–Crippen LogP) is 4.92. The molecule has 2 aliphatic rings. The summed E-state index contributed by atoms with van der Waals surface area (Å²) in [5.41, 5.74) is 3.51. The number of fused-ring (bicyclic) bond motifs is 1. The normalized spacial score (nSPS) is 18.0. The van der Waals surface area contributed by atoms with E-state index in [1.807, 2.05) is 36.4 Å². The number of aromatic amines is 1. The minimum absolute atomic E-state index is 0.0353. The standard InChI is InChI=1S/C30H40N4O3/c1-36-23-10-11-25(29(20-23)37-2)24-8-7-9-27-26(24)21-28(32-27)30(35)31-22-12-16-34(17-13-22)19-18-33-14-5-3-4-6-15-33/h7-11,20-22,32H,3-6,12-19H2,1-2H3,(H,31,35). The minimum atomic E-state index is -0.0353. The summed E-state index contributed by atoms with van der Waals surface area (Å²) in [6.07, 6.45) is 7.46.